The van der Waals surface area contributed by atoms with Crippen LogP contribution in [-0.2, 0) is 20.8 Å². The zero-order valence-electron chi connectivity index (χ0n) is 23.3. The van der Waals surface area contributed by atoms with Crippen molar-refractivity contribution in [3.05, 3.63) is 30.1 Å². The Balaban J connectivity index is 1.24. The van der Waals surface area contributed by atoms with Crippen LogP contribution in [0.3, 0.4) is 0 Å². The van der Waals surface area contributed by atoms with Gasteiger partial charge in [0, 0.05) is 71.0 Å². The van der Waals surface area contributed by atoms with Crippen LogP contribution in [0.4, 0.5) is 0 Å². The number of aromatic nitrogens is 2. The predicted molar refractivity (Wildman–Crippen MR) is 149 cm³/mol. The average Bonchev–Trinajstić information content (AvgIpc) is 3.87. The number of hydrogen-bond acceptors (Lipinski definition) is 7. The van der Waals surface area contributed by atoms with Crippen LogP contribution in [0, 0.1) is 16.7 Å². The normalized spacial score (nSPS) is 29.1. The Kier molecular flexibility index (Phi) is 7.77. The molecule has 3 heterocycles. The summed E-state index contributed by atoms with van der Waals surface area (Å²) in [5, 5.41) is 3.61. The number of morpholine rings is 1. The fourth-order valence-electron chi connectivity index (χ4n) is 7.01. The van der Waals surface area contributed by atoms with Crippen LogP contribution in [0.5, 0.6) is 0 Å². The fraction of sp³-hybridized carbons (Fsp3) is 0.700. The first-order valence-corrected chi connectivity index (χ1v) is 14.8. The van der Waals surface area contributed by atoms with Crippen molar-refractivity contribution >= 4 is 23.2 Å². The molecular weight excluding hydrogens is 494 g/mol. The van der Waals surface area contributed by atoms with Gasteiger partial charge in [-0.25, -0.2) is 4.98 Å². The quantitative estimate of drug-likeness (QED) is 0.329. The first kappa shape index (κ1) is 26.9. The number of para-hydroxylation sites is 2. The van der Waals surface area contributed by atoms with Crippen molar-refractivity contribution in [3.63, 3.8) is 0 Å². The van der Waals surface area contributed by atoms with Crippen molar-refractivity contribution in [3.8, 4) is 0 Å². The molecule has 3 atom stereocenters. The molecule has 2 aromatic rings. The number of nitrogens with zero attached hydrogens (tertiary/aromatic N) is 4. The highest BCUT2D eigenvalue weighted by molar-refractivity contribution is 5.95. The van der Waals surface area contributed by atoms with Gasteiger partial charge in [0.15, 0.2) is 5.82 Å². The minimum absolute atomic E-state index is 0.0437. The number of amides is 1. The van der Waals surface area contributed by atoms with Gasteiger partial charge in [-0.05, 0) is 56.6 Å². The zero-order chi connectivity index (χ0) is 26.9. The van der Waals surface area contributed by atoms with Gasteiger partial charge in [-0.1, -0.05) is 12.1 Å². The number of carbonyl (C=O) groups is 2. The maximum Gasteiger partial charge on any atom is 0.290 e. The predicted octanol–water partition coefficient (Wildman–Crippen LogP) is 2.58. The molecule has 1 N–H and O–H groups in total. The Labute approximate surface area is 231 Å². The Bertz CT molecular complexity index is 1180. The van der Waals surface area contributed by atoms with Crippen LogP contribution < -0.4 is 5.32 Å². The second-order valence-electron chi connectivity index (χ2n) is 12.4. The Morgan fingerprint density at radius 2 is 2.05 bits per heavy atom. The minimum atomic E-state index is -0.423. The molecule has 2 aliphatic carbocycles. The first-order valence-electron chi connectivity index (χ1n) is 14.8. The van der Waals surface area contributed by atoms with Crippen LogP contribution >= 0.6 is 0 Å². The van der Waals surface area contributed by atoms with Crippen molar-refractivity contribution in [1.29, 1.82) is 0 Å². The second-order valence-corrected chi connectivity index (χ2v) is 12.4. The number of carbonyl (C=O) groups excluding carboxylic acids is 2. The van der Waals surface area contributed by atoms with E-state index in [1.807, 2.05) is 18.2 Å². The van der Waals surface area contributed by atoms with Crippen LogP contribution in [-0.4, -0.2) is 104 Å². The van der Waals surface area contributed by atoms with Crippen LogP contribution in [0.25, 0.3) is 11.0 Å². The molecule has 6 rings (SSSR count). The molecule has 4 aliphatic rings. The maximum absolute atomic E-state index is 14.3. The lowest BCUT2D eigenvalue weighted by Gasteiger charge is -2.43. The van der Waals surface area contributed by atoms with E-state index in [1.165, 1.54) is 19.1 Å². The molecule has 2 saturated carbocycles. The molecule has 9 heteroatoms. The third-order valence-electron chi connectivity index (χ3n) is 9.31. The number of nitrogens with one attached hydrogen (secondary N) is 1. The molecule has 3 unspecified atom stereocenters. The number of aryl methyl sites for hydroxylation is 1. The standard InChI is InChI=1S/C30H43N5O4/c1-38-13-5-4-10-34-25-7-3-2-6-24(25)32-27(34)28(37)35(17-23-8-9-23)26-16-30(26)18-29(22-36,19-31-20-30)21-33-11-14-39-15-12-33/h2-3,6-7,22-23,26,31H,4-5,8-21H2,1H3. The van der Waals surface area contributed by atoms with Gasteiger partial charge >= 0.3 is 0 Å². The van der Waals surface area contributed by atoms with Gasteiger partial charge in [-0.15, -0.1) is 0 Å². The van der Waals surface area contributed by atoms with Crippen molar-refractivity contribution in [2.24, 2.45) is 16.7 Å². The Morgan fingerprint density at radius 1 is 1.23 bits per heavy atom. The SMILES string of the molecule is COCCCCn1c(C(=O)N(CC2CC2)C2CC23CNCC(C=O)(CN2CCOCC2)C3)nc2ccccc21. The summed E-state index contributed by atoms with van der Waals surface area (Å²) in [5.74, 6) is 1.17. The molecular formula is C30H43N5O4. The van der Waals surface area contributed by atoms with Gasteiger partial charge in [0.2, 0.25) is 0 Å². The van der Waals surface area contributed by atoms with Gasteiger partial charge < -0.3 is 29.1 Å². The number of imidazole rings is 1. The van der Waals surface area contributed by atoms with E-state index in [1.54, 1.807) is 7.11 Å². The van der Waals surface area contributed by atoms with Crippen molar-refractivity contribution in [2.75, 3.05) is 66.2 Å². The van der Waals surface area contributed by atoms with Crippen LogP contribution in [0.1, 0.15) is 49.1 Å². The summed E-state index contributed by atoms with van der Waals surface area (Å²) in [4.78, 5) is 36.3. The van der Waals surface area contributed by atoms with Gasteiger partial charge in [0.25, 0.3) is 5.91 Å². The lowest BCUT2D eigenvalue weighted by Crippen LogP contribution is -2.55. The third-order valence-corrected chi connectivity index (χ3v) is 9.31. The monoisotopic (exact) mass is 537 g/mol. The lowest BCUT2D eigenvalue weighted by molar-refractivity contribution is -0.120. The second kappa shape index (κ2) is 11.3. The highest BCUT2D eigenvalue weighted by Gasteiger charge is 2.63. The Hall–Kier alpha value is -2.33. The Morgan fingerprint density at radius 3 is 2.82 bits per heavy atom. The van der Waals surface area contributed by atoms with E-state index in [4.69, 9.17) is 14.5 Å². The largest absolute Gasteiger partial charge is 0.385 e. The number of rotatable bonds is 12. The van der Waals surface area contributed by atoms with Crippen molar-refractivity contribution in [1.82, 2.24) is 24.7 Å². The summed E-state index contributed by atoms with van der Waals surface area (Å²) in [6, 6.07) is 8.20. The summed E-state index contributed by atoms with van der Waals surface area (Å²) >= 11 is 0. The van der Waals surface area contributed by atoms with Gasteiger partial charge in [-0.3, -0.25) is 9.69 Å². The van der Waals surface area contributed by atoms with Gasteiger partial charge in [0.1, 0.15) is 6.29 Å². The zero-order valence-corrected chi connectivity index (χ0v) is 23.3. The molecule has 2 saturated heterocycles. The summed E-state index contributed by atoms with van der Waals surface area (Å²) in [5.41, 5.74) is 1.41. The number of benzene rings is 1. The summed E-state index contributed by atoms with van der Waals surface area (Å²) in [6.45, 7) is 7.77. The van der Waals surface area contributed by atoms with Gasteiger partial charge in [-0.2, -0.15) is 0 Å². The van der Waals surface area contributed by atoms with E-state index in [9.17, 15) is 9.59 Å². The smallest absolute Gasteiger partial charge is 0.290 e. The summed E-state index contributed by atoms with van der Waals surface area (Å²) in [7, 11) is 1.73. The maximum atomic E-state index is 14.3. The molecule has 1 spiro atoms. The first-order chi connectivity index (χ1) is 19.1. The number of ether oxygens (including phenoxy) is 2. The number of piperidine rings is 1. The van der Waals surface area contributed by atoms with Crippen molar-refractivity contribution < 1.29 is 19.1 Å². The molecule has 9 nitrogen and oxygen atoms in total. The summed E-state index contributed by atoms with van der Waals surface area (Å²) in [6.07, 6.45) is 7.22. The molecule has 1 aromatic carbocycles. The molecule has 0 bridgehead atoms. The van der Waals surface area contributed by atoms with E-state index in [2.05, 4.69) is 25.8 Å². The topological polar surface area (TPSA) is 88.9 Å². The lowest BCUT2D eigenvalue weighted by atomic mass is 9.74. The molecule has 1 aromatic heterocycles. The number of unbranched alkanes of at least 4 members (excludes halogenated alkanes) is 1. The minimum Gasteiger partial charge on any atom is -0.385 e. The van der Waals surface area contributed by atoms with Crippen LogP contribution in [0.2, 0.25) is 0 Å². The molecule has 1 amide bonds. The highest BCUT2D eigenvalue weighted by Crippen LogP contribution is 2.58. The van der Waals surface area contributed by atoms with E-state index in [-0.39, 0.29) is 17.4 Å². The average molecular weight is 538 g/mol. The third kappa shape index (κ3) is 5.64. The van der Waals surface area contributed by atoms with E-state index in [0.29, 0.717) is 24.9 Å². The highest BCUT2D eigenvalue weighted by atomic mass is 16.5. The molecule has 2 aliphatic heterocycles. The summed E-state index contributed by atoms with van der Waals surface area (Å²) < 4.78 is 12.9. The molecule has 212 valence electrons. The van der Waals surface area contributed by atoms with E-state index < -0.39 is 5.41 Å². The van der Waals surface area contributed by atoms with Crippen molar-refractivity contribution in [2.45, 2.75) is 51.1 Å². The number of hydrogen-bond donors (Lipinski definition) is 1. The fourth-order valence-corrected chi connectivity index (χ4v) is 7.01. The van der Waals surface area contributed by atoms with Crippen LogP contribution in [0.15, 0.2) is 24.3 Å². The number of fused-ring (bicyclic) bond motifs is 1. The number of aldehydes is 1. The molecule has 0 radical (unpaired) electrons. The van der Waals surface area contributed by atoms with E-state index >= 15 is 0 Å². The van der Waals surface area contributed by atoms with Gasteiger partial charge in [0.05, 0.1) is 29.7 Å². The molecule has 4 fully saturated rings. The number of methoxy groups -OCH3 is 1. The van der Waals surface area contributed by atoms with E-state index in [0.717, 1.165) is 89.2 Å². The molecule has 39 heavy (non-hydrogen) atoms.